The van der Waals surface area contributed by atoms with Crippen molar-refractivity contribution in [3.63, 3.8) is 0 Å². The normalized spacial score (nSPS) is 27.5. The van der Waals surface area contributed by atoms with E-state index in [0.29, 0.717) is 6.54 Å². The molecule has 3 heterocycles. The van der Waals surface area contributed by atoms with Gasteiger partial charge in [0.2, 0.25) is 5.91 Å². The lowest BCUT2D eigenvalue weighted by Crippen LogP contribution is -2.47. The van der Waals surface area contributed by atoms with Crippen LogP contribution in [0.3, 0.4) is 0 Å². The number of aliphatic hydroxyl groups is 1. The summed E-state index contributed by atoms with van der Waals surface area (Å²) in [4.78, 5) is 28.8. The van der Waals surface area contributed by atoms with Crippen molar-refractivity contribution in [2.45, 2.75) is 57.3 Å². The van der Waals surface area contributed by atoms with Crippen molar-refractivity contribution in [3.8, 4) is 0 Å². The Morgan fingerprint density at radius 3 is 2.67 bits per heavy atom. The molecule has 1 fully saturated rings. The number of hydrogen-bond acceptors (Lipinski definition) is 4. The maximum Gasteiger partial charge on any atom is 0.258 e. The number of benzene rings is 1. The fourth-order valence-electron chi connectivity index (χ4n) is 6.22. The third-order valence-corrected chi connectivity index (χ3v) is 7.92. The Morgan fingerprint density at radius 1 is 1.18 bits per heavy atom. The third kappa shape index (κ3) is 3.75. The molecule has 0 saturated carbocycles. The second-order valence-electron chi connectivity index (χ2n) is 9.77. The lowest BCUT2D eigenvalue weighted by Gasteiger charge is -2.28. The third-order valence-electron chi connectivity index (χ3n) is 7.92. The zero-order valence-corrected chi connectivity index (χ0v) is 19.4. The number of nitrogens with one attached hydrogen (secondary N) is 1. The maximum absolute atomic E-state index is 13.4. The van der Waals surface area contributed by atoms with Gasteiger partial charge in [-0.15, -0.1) is 0 Å². The summed E-state index contributed by atoms with van der Waals surface area (Å²) in [5.41, 5.74) is 4.05. The van der Waals surface area contributed by atoms with Crippen LogP contribution in [0, 0.1) is 11.8 Å². The van der Waals surface area contributed by atoms with Gasteiger partial charge in [0.1, 0.15) is 0 Å². The van der Waals surface area contributed by atoms with E-state index < -0.39 is 6.04 Å². The summed E-state index contributed by atoms with van der Waals surface area (Å²) in [7, 11) is 1.95. The van der Waals surface area contributed by atoms with Crippen molar-refractivity contribution < 1.29 is 9.90 Å². The molecule has 174 valence electrons. The highest BCUT2D eigenvalue weighted by Gasteiger charge is 2.54. The van der Waals surface area contributed by atoms with Crippen LogP contribution in [0.2, 0.25) is 0 Å². The number of likely N-dealkylation sites (N-methyl/N-ethyl adjacent to an activating group) is 1. The quantitative estimate of drug-likeness (QED) is 0.738. The molecule has 1 saturated heterocycles. The van der Waals surface area contributed by atoms with Crippen molar-refractivity contribution in [1.29, 1.82) is 0 Å². The summed E-state index contributed by atoms with van der Waals surface area (Å²) in [5, 5.41) is 13.4. The Hall–Kier alpha value is -2.70. The molecule has 0 spiro atoms. The van der Waals surface area contributed by atoms with Crippen LogP contribution >= 0.6 is 0 Å². The Bertz CT molecular complexity index is 1120. The van der Waals surface area contributed by atoms with E-state index in [2.05, 4.69) is 22.4 Å². The molecular weight excluding hydrogens is 414 g/mol. The second-order valence-corrected chi connectivity index (χ2v) is 9.77. The molecule has 2 aliphatic heterocycles. The number of aliphatic hydroxyl groups excluding tert-OH is 1. The zero-order valence-electron chi connectivity index (χ0n) is 19.4. The van der Waals surface area contributed by atoms with Gasteiger partial charge in [-0.05, 0) is 62.9 Å². The first kappa shape index (κ1) is 22.1. The summed E-state index contributed by atoms with van der Waals surface area (Å²) >= 11 is 0. The van der Waals surface area contributed by atoms with E-state index in [-0.39, 0.29) is 42.0 Å². The van der Waals surface area contributed by atoms with Crippen molar-refractivity contribution in [2.75, 3.05) is 13.7 Å². The summed E-state index contributed by atoms with van der Waals surface area (Å²) in [6.07, 6.45) is 6.53. The first-order valence-electron chi connectivity index (χ1n) is 12.1. The molecule has 2 N–H and O–H groups in total. The average Bonchev–Trinajstić information content (AvgIpc) is 3.35. The van der Waals surface area contributed by atoms with Crippen LogP contribution in [0.1, 0.15) is 61.5 Å². The van der Waals surface area contributed by atoms with Crippen LogP contribution in [0.15, 0.2) is 53.3 Å². The molecule has 6 heteroatoms. The molecular formula is C27H33N3O3. The van der Waals surface area contributed by atoms with Gasteiger partial charge in [0.05, 0.1) is 18.1 Å². The first-order valence-corrected chi connectivity index (χ1v) is 12.1. The highest BCUT2D eigenvalue weighted by Crippen LogP contribution is 2.48. The molecule has 1 aromatic heterocycles. The molecule has 2 aromatic rings. The SMILES string of the molecule is C[C@@H](NC(=O)[C@H]1[C@H](CO)[C@H]2Cn3c(ccc(C4=CCCCC4)c3=O)[C@H]2N1C)c1ccccc1. The van der Waals surface area contributed by atoms with E-state index in [9.17, 15) is 14.7 Å². The Morgan fingerprint density at radius 2 is 1.97 bits per heavy atom. The van der Waals surface area contributed by atoms with E-state index in [4.69, 9.17) is 0 Å². The van der Waals surface area contributed by atoms with Crippen molar-refractivity contribution >= 4 is 11.5 Å². The van der Waals surface area contributed by atoms with Crippen LogP contribution in [0.25, 0.3) is 5.57 Å². The highest BCUT2D eigenvalue weighted by molar-refractivity contribution is 5.83. The molecule has 33 heavy (non-hydrogen) atoms. The Labute approximate surface area is 194 Å². The van der Waals surface area contributed by atoms with Crippen LogP contribution in [-0.4, -0.2) is 40.2 Å². The number of likely N-dealkylation sites (tertiary alicyclic amines) is 1. The Balaban J connectivity index is 1.41. The van der Waals surface area contributed by atoms with Gasteiger partial charge in [-0.3, -0.25) is 14.5 Å². The zero-order chi connectivity index (χ0) is 23.1. The Kier molecular flexibility index (Phi) is 5.97. The van der Waals surface area contributed by atoms with Gasteiger partial charge in [0, 0.05) is 36.2 Å². The highest BCUT2D eigenvalue weighted by atomic mass is 16.3. The summed E-state index contributed by atoms with van der Waals surface area (Å²) in [6, 6.07) is 13.3. The molecule has 1 amide bonds. The van der Waals surface area contributed by atoms with E-state index in [1.54, 1.807) is 0 Å². The van der Waals surface area contributed by atoms with Crippen LogP contribution in [-0.2, 0) is 11.3 Å². The van der Waals surface area contributed by atoms with Gasteiger partial charge in [-0.1, -0.05) is 36.4 Å². The van der Waals surface area contributed by atoms with Gasteiger partial charge in [-0.2, -0.15) is 0 Å². The largest absolute Gasteiger partial charge is 0.396 e. The number of amides is 1. The number of nitrogens with zero attached hydrogens (tertiary/aromatic N) is 2. The number of rotatable bonds is 5. The van der Waals surface area contributed by atoms with E-state index in [1.807, 2.05) is 54.9 Å². The monoisotopic (exact) mass is 447 g/mol. The molecule has 0 radical (unpaired) electrons. The number of aromatic nitrogens is 1. The predicted molar refractivity (Wildman–Crippen MR) is 129 cm³/mol. The fourth-order valence-corrected chi connectivity index (χ4v) is 6.22. The van der Waals surface area contributed by atoms with Crippen molar-refractivity contribution in [3.05, 3.63) is 75.7 Å². The van der Waals surface area contributed by atoms with Gasteiger partial charge in [0.15, 0.2) is 0 Å². The van der Waals surface area contributed by atoms with E-state index in [1.165, 1.54) is 6.42 Å². The van der Waals surface area contributed by atoms with Gasteiger partial charge in [-0.25, -0.2) is 0 Å². The number of carbonyl (C=O) groups excluding carboxylic acids is 1. The lowest BCUT2D eigenvalue weighted by molar-refractivity contribution is -0.127. The fraction of sp³-hybridized carbons (Fsp3) is 0.481. The topological polar surface area (TPSA) is 74.6 Å². The molecule has 1 aliphatic carbocycles. The summed E-state index contributed by atoms with van der Waals surface area (Å²) < 4.78 is 1.89. The standard InChI is InChI=1S/C27H33N3O3/c1-17(18-9-5-3-6-10-18)28-26(32)25-22(16-31)21-15-30-23(24(21)29(25)2)14-13-20(27(30)33)19-11-7-4-8-12-19/h3,5-6,9-11,13-14,17,21-22,24-25,31H,4,7-8,12,15-16H2,1-2H3,(H,28,32)/t17-,21-,22-,24+,25-/m1/s1. The molecule has 6 nitrogen and oxygen atoms in total. The number of hydrogen-bond donors (Lipinski definition) is 2. The number of allylic oxidation sites excluding steroid dienone is 2. The van der Waals surface area contributed by atoms with Crippen LogP contribution in [0.4, 0.5) is 0 Å². The predicted octanol–water partition coefficient (Wildman–Crippen LogP) is 3.28. The number of carbonyl (C=O) groups is 1. The van der Waals surface area contributed by atoms with Crippen molar-refractivity contribution in [2.24, 2.45) is 11.8 Å². The molecule has 5 atom stereocenters. The second kappa shape index (κ2) is 8.92. The number of pyridine rings is 1. The molecule has 5 rings (SSSR count). The maximum atomic E-state index is 13.4. The summed E-state index contributed by atoms with van der Waals surface area (Å²) in [6.45, 7) is 2.45. The molecule has 1 aromatic carbocycles. The van der Waals surface area contributed by atoms with E-state index >= 15 is 0 Å². The van der Waals surface area contributed by atoms with Gasteiger partial charge < -0.3 is 15.0 Å². The first-order chi connectivity index (χ1) is 16.0. The average molecular weight is 448 g/mol. The smallest absolute Gasteiger partial charge is 0.258 e. The van der Waals surface area contributed by atoms with Gasteiger partial charge >= 0.3 is 0 Å². The number of fused-ring (bicyclic) bond motifs is 3. The van der Waals surface area contributed by atoms with Crippen LogP contribution in [0.5, 0.6) is 0 Å². The van der Waals surface area contributed by atoms with Gasteiger partial charge in [0.25, 0.3) is 5.56 Å². The molecule has 0 bridgehead atoms. The molecule has 0 unspecified atom stereocenters. The lowest BCUT2D eigenvalue weighted by atomic mass is 9.88. The van der Waals surface area contributed by atoms with Crippen molar-refractivity contribution in [1.82, 2.24) is 14.8 Å². The summed E-state index contributed by atoms with van der Waals surface area (Å²) in [5.74, 6) is -0.258. The minimum Gasteiger partial charge on any atom is -0.396 e. The molecule has 3 aliphatic rings. The minimum atomic E-state index is -0.430. The van der Waals surface area contributed by atoms with Crippen LogP contribution < -0.4 is 10.9 Å². The van der Waals surface area contributed by atoms with E-state index in [0.717, 1.165) is 41.7 Å². The minimum absolute atomic E-state index is 0.0334.